The topological polar surface area (TPSA) is 961 Å². The lowest BCUT2D eigenvalue weighted by Gasteiger charge is -2.36. The number of aliphatic hydroxyl groups excluding tert-OH is 3. The second-order valence-electron chi connectivity index (χ2n) is 24.6. The normalized spacial score (nSPS) is 25.6. The summed E-state index contributed by atoms with van der Waals surface area (Å²) in [5.41, 5.74) is 25.3. The van der Waals surface area contributed by atoms with Crippen molar-refractivity contribution in [1.29, 1.82) is 0 Å². The Morgan fingerprint density at radius 3 is 1.21 bits per heavy atom. The molecule has 0 spiro atoms. The standard InChI is InChI=1S/C16H30N6O15P4.C16H31N3O17P4.C15H30N4O16P4/c17-5-3-1-2-4-6-32-38(24,25)35-40(28,29)37-41(30,31)36-39(26,27)33-8-12-11(23)7-13(34-12)22-10-21-14-15(18)19-9-20-16(14)22;1-11-9-19(16(22)18-15(11)21)14-8-12(20)13(33-14)10-32-38(25,26)35-40(29,30)36-39(27,28)34-37(23,24)31-7-5-3-2-4-6-17;16-6-3-1-2-4-8-30-36(22,23)33-38(26,27)35-39(28,29)34-37(24,25)31-10-12-11(20)9-14(32-12)19-7-5-13(17)18-15(19)21/h9-13,23H,1-8,17H2,(H,24,25)(H,26,27)(H,28,29)(H,30,31)(H2,18,19,20);9,12-14,20H,2-8,10,17H2,1H3,(H,23,24)(H,25,26)(H,27,28)(H,29,30)(H,18,21,22);5,7,11-12,14,20H,1-4,6,8-10,16H2,(H,22,23)(H,24,25)(H,26,27)(H,28,29)(H2,17,18,21)/p-8/t11-,12-,13-;12-,13-,14-;11-,12-,14-/m111/s1. The number of aliphatic hydroxyl groups is 3. The summed E-state index contributed by atoms with van der Waals surface area (Å²) in [6.45, 7) is -1.68. The van der Waals surface area contributed by atoms with Crippen LogP contribution in [0.4, 0.5) is 11.6 Å². The summed E-state index contributed by atoms with van der Waals surface area (Å²) in [4.78, 5) is 185. The molecule has 0 bridgehead atoms. The molecule has 692 valence electrons. The molecule has 18 N–H and O–H groups in total. The van der Waals surface area contributed by atoms with E-state index in [0.29, 0.717) is 77.4 Å². The van der Waals surface area contributed by atoms with E-state index >= 15 is 0 Å². The van der Waals surface area contributed by atoms with E-state index in [0.717, 1.165) is 21.7 Å². The minimum atomic E-state index is -6.36. The maximum atomic E-state index is 12.1. The smallest absolute Gasteiger partial charge is 0.490 e. The van der Waals surface area contributed by atoms with Crippen molar-refractivity contribution >= 4 is 117 Å². The molecule has 120 heavy (non-hydrogen) atoms. The van der Waals surface area contributed by atoms with Crippen LogP contribution in [0.5, 0.6) is 0 Å². The van der Waals surface area contributed by atoms with E-state index in [1.165, 1.54) is 30.1 Å². The Morgan fingerprint density at radius 1 is 0.450 bits per heavy atom. The third-order valence-electron chi connectivity index (χ3n) is 15.0. The van der Waals surface area contributed by atoms with Crippen LogP contribution in [0.2, 0.25) is 0 Å². The number of hydrogen-bond donors (Lipinski definition) is 13. The summed E-state index contributed by atoms with van der Waals surface area (Å²) < 4.78 is 221. The second kappa shape index (κ2) is 46.8. The molecule has 0 amide bonds. The van der Waals surface area contributed by atoms with E-state index in [1.807, 2.05) is 4.98 Å². The number of hydrogen-bond acceptors (Lipinski definition) is 53. The number of nitrogen functional groups attached to an aromatic ring is 2. The molecular weight excluding hydrogens is 1890 g/mol. The highest BCUT2D eigenvalue weighted by Gasteiger charge is 2.48. The molecule has 3 aliphatic heterocycles. The Hall–Kier alpha value is -2.97. The number of unbranched alkanes of at least 4 members (excludes halogenated alkanes) is 9. The van der Waals surface area contributed by atoms with Gasteiger partial charge in [0, 0.05) is 37.2 Å². The van der Waals surface area contributed by atoms with Gasteiger partial charge in [0.2, 0.25) is 0 Å². The number of nitrogens with two attached hydrogens (primary N) is 5. The molecule has 7 heterocycles. The lowest BCUT2D eigenvalue weighted by molar-refractivity contribution is -0.260. The Kier molecular flexibility index (Phi) is 42.0. The van der Waals surface area contributed by atoms with Crippen LogP contribution in [0, 0.1) is 6.92 Å². The Labute approximate surface area is 676 Å². The van der Waals surface area contributed by atoms with Crippen molar-refractivity contribution in [3.05, 3.63) is 68.0 Å². The first-order valence-corrected chi connectivity index (χ1v) is 51.8. The maximum absolute atomic E-state index is 12.1. The number of ether oxygens (including phenoxy) is 3. The molecule has 0 radical (unpaired) electrons. The van der Waals surface area contributed by atoms with Crippen LogP contribution in [-0.4, -0.2) is 169 Å². The van der Waals surface area contributed by atoms with E-state index < -0.39 is 206 Å². The van der Waals surface area contributed by atoms with E-state index in [1.54, 1.807) is 0 Å². The SMILES string of the molecule is Cc1cn([C@H]2C[C@@H](O)[C@@H](COP(=O)(O)OP(=O)(O)OP(=O)(O)OP(=O)(O)OCCCCCCN)O2)c(=O)[nH]c1=O.NCCCCCCOP(=O)([O-])OP(=O)([O-])OP(=O)([O-])OP(=O)([O-])OC[C@H]1O[C@@H](n2ccc(N)nc2=O)C[C@H]1O.NCCCCCCOP(=O)([O-])OP(=O)([O-])OP(=O)([O-])OP(=O)([O-])OC[C@H]1O[C@@H](n2cnc3c(N)ncnc32)C[C@H]1O. The first-order chi connectivity index (χ1) is 55.3. The van der Waals surface area contributed by atoms with Gasteiger partial charge >= 0.3 is 42.7 Å². The molecule has 0 aromatic carbocycles. The fourth-order valence-corrected chi connectivity index (χ4v) is 24.3. The largest absolute Gasteiger partial charge is 0.756 e. The minimum absolute atomic E-state index is 0.0774. The van der Waals surface area contributed by atoms with Crippen molar-refractivity contribution < 1.29 is 209 Å². The number of phosphoric ester groups is 6. The van der Waals surface area contributed by atoms with Crippen LogP contribution in [0.15, 0.2) is 45.5 Å². The zero-order valence-electron chi connectivity index (χ0n) is 61.8. The Bertz CT molecular complexity index is 4840. The van der Waals surface area contributed by atoms with Gasteiger partial charge in [-0.2, -0.15) is 17.9 Å². The van der Waals surface area contributed by atoms with Gasteiger partial charge in [0.25, 0.3) is 68.1 Å². The van der Waals surface area contributed by atoms with Gasteiger partial charge in [-0.25, -0.2) is 68.7 Å². The lowest BCUT2D eigenvalue weighted by atomic mass is 10.2. The van der Waals surface area contributed by atoms with Gasteiger partial charge in [0.15, 0.2) is 11.5 Å². The number of nitrogens with zero attached hydrogens (tertiary/aromatic N) is 7. The van der Waals surface area contributed by atoms with E-state index in [2.05, 4.69) is 85.9 Å². The second-order valence-corrected chi connectivity index (χ2v) is 42.9. The highest BCUT2D eigenvalue weighted by molar-refractivity contribution is 7.70. The van der Waals surface area contributed by atoms with Crippen molar-refractivity contribution in [1.82, 2.24) is 38.6 Å². The van der Waals surface area contributed by atoms with Crippen LogP contribution < -0.4 is 84.8 Å². The summed E-state index contributed by atoms with van der Waals surface area (Å²) in [6, 6.07) is 1.26. The summed E-state index contributed by atoms with van der Waals surface area (Å²) >= 11 is 0. The highest BCUT2D eigenvalue weighted by atomic mass is 31.3. The third-order valence-corrected chi connectivity index (χ3v) is 32.5. The van der Waals surface area contributed by atoms with Crippen molar-refractivity contribution in [2.24, 2.45) is 17.2 Å². The fraction of sp³-hybridized carbons (Fsp3) is 0.723. The van der Waals surface area contributed by atoms with Gasteiger partial charge in [-0.1, -0.05) is 38.5 Å². The summed E-state index contributed by atoms with van der Waals surface area (Å²) in [5.74, 6) is -0.00962. The number of fused-ring (bicyclic) bond motifs is 1. The number of aromatic nitrogens is 8. The lowest BCUT2D eigenvalue weighted by Crippen LogP contribution is -2.33. The monoisotopic (exact) mass is 1970 g/mol. The molecule has 21 atom stereocenters. The predicted molar refractivity (Wildman–Crippen MR) is 381 cm³/mol. The summed E-state index contributed by atoms with van der Waals surface area (Å²) in [6.07, 6.45) is -0.989. The van der Waals surface area contributed by atoms with E-state index in [-0.39, 0.29) is 66.9 Å². The van der Waals surface area contributed by atoms with Crippen LogP contribution in [-0.2, 0) is 135 Å². The van der Waals surface area contributed by atoms with Crippen LogP contribution >= 0.6 is 93.9 Å². The third kappa shape index (κ3) is 38.9. The number of rotatable bonds is 51. The van der Waals surface area contributed by atoms with Crippen molar-refractivity contribution in [3.8, 4) is 0 Å². The molecule has 3 fully saturated rings. The van der Waals surface area contributed by atoms with Gasteiger partial charge in [-0.15, -0.1) is 0 Å². The molecular formula is C47H83N13O48P12-8. The molecule has 3 saturated heterocycles. The van der Waals surface area contributed by atoms with Gasteiger partial charge in [-0.3, -0.25) is 69.0 Å². The number of anilines is 2. The molecule has 3 aliphatic rings. The average Bonchev–Trinajstić information content (AvgIpc) is 1.63. The zero-order chi connectivity index (χ0) is 90.3. The van der Waals surface area contributed by atoms with E-state index in [4.69, 9.17) is 42.9 Å². The predicted octanol–water partition coefficient (Wildman–Crippen LogP) is -3.02. The zero-order valence-corrected chi connectivity index (χ0v) is 72.5. The number of H-pyrrole nitrogens is 1. The van der Waals surface area contributed by atoms with E-state index in [9.17, 15) is 143 Å². The van der Waals surface area contributed by atoms with Crippen molar-refractivity contribution in [3.63, 3.8) is 0 Å². The van der Waals surface area contributed by atoms with Crippen molar-refractivity contribution in [2.45, 2.75) is 159 Å². The number of phosphoric acid groups is 12. The first-order valence-electron chi connectivity index (χ1n) is 34.1. The molecule has 7 rings (SSSR count). The van der Waals surface area contributed by atoms with Gasteiger partial charge in [-0.05, 0) is 71.1 Å². The molecule has 4 aromatic rings. The first kappa shape index (κ1) is 108. The van der Waals surface area contributed by atoms with Crippen LogP contribution in [0.3, 0.4) is 0 Å². The fourth-order valence-electron chi connectivity index (χ4n) is 9.82. The Morgan fingerprint density at radius 2 is 0.800 bits per heavy atom. The molecule has 4 aromatic heterocycles. The number of nitrogens with one attached hydrogen (secondary N) is 1. The number of aryl methyl sites for hydroxylation is 1. The number of imidazole rings is 1. The van der Waals surface area contributed by atoms with Gasteiger partial charge in [0.1, 0.15) is 54.7 Å². The van der Waals surface area contributed by atoms with Crippen LogP contribution in [0.1, 0.15) is 121 Å². The molecule has 73 heteroatoms. The minimum Gasteiger partial charge on any atom is -0.756 e. The van der Waals surface area contributed by atoms with Crippen molar-refractivity contribution in [2.75, 3.05) is 70.7 Å². The highest BCUT2D eigenvalue weighted by Crippen LogP contribution is 2.72. The molecule has 0 aliphatic carbocycles. The Balaban J connectivity index is 0.000000320. The quantitative estimate of drug-likeness (QED) is 0.0155. The summed E-state index contributed by atoms with van der Waals surface area (Å²) in [5, 5.41) is 30.5. The average molecular weight is 1970 g/mol. The van der Waals surface area contributed by atoms with Crippen LogP contribution in [0.25, 0.3) is 11.2 Å². The van der Waals surface area contributed by atoms with Gasteiger partial charge in [0.05, 0.1) is 64.3 Å². The number of aromatic amines is 1. The summed E-state index contributed by atoms with van der Waals surface area (Å²) in [7, 11) is -71.0. The molecule has 61 nitrogen and oxygen atoms in total. The molecule has 12 unspecified atom stereocenters. The van der Waals surface area contributed by atoms with Gasteiger partial charge < -0.3 is 135 Å². The maximum Gasteiger partial charge on any atom is 0.490 e. The molecule has 0 saturated carbocycles.